The van der Waals surface area contributed by atoms with Crippen molar-refractivity contribution < 1.29 is 14.2 Å². The third-order valence-electron chi connectivity index (χ3n) is 2.31. The molecule has 1 heterocycles. The minimum Gasteiger partial charge on any atom is -0.493 e. The normalized spacial score (nSPS) is 10.1. The molecule has 1 N–H and O–H groups in total. The van der Waals surface area contributed by atoms with Crippen LogP contribution in [0.5, 0.6) is 23.1 Å². The van der Waals surface area contributed by atoms with E-state index in [4.69, 9.17) is 25.8 Å². The molecule has 2 aromatic rings. The van der Waals surface area contributed by atoms with Crippen molar-refractivity contribution in [3.8, 4) is 23.1 Å². The molecule has 0 unspecified atom stereocenters. The Labute approximate surface area is 113 Å². The van der Waals surface area contributed by atoms with Gasteiger partial charge in [-0.15, -0.1) is 5.10 Å². The van der Waals surface area contributed by atoms with E-state index in [1.165, 1.54) is 20.3 Å². The molecule has 7 heteroatoms. The highest BCUT2D eigenvalue weighted by Gasteiger charge is 2.15. The van der Waals surface area contributed by atoms with Gasteiger partial charge in [0.1, 0.15) is 5.15 Å². The molecule has 0 aliphatic carbocycles. The van der Waals surface area contributed by atoms with Gasteiger partial charge in [-0.2, -0.15) is 0 Å². The fraction of sp³-hybridized carbons (Fsp3) is 0.167. The molecule has 1 aromatic heterocycles. The summed E-state index contributed by atoms with van der Waals surface area (Å²) in [4.78, 5) is 11.7. The van der Waals surface area contributed by atoms with Crippen molar-refractivity contribution in [1.82, 2.24) is 10.2 Å². The Bertz CT molecular complexity index is 620. The zero-order valence-electron chi connectivity index (χ0n) is 10.3. The maximum absolute atomic E-state index is 11.7. The molecule has 0 atom stereocenters. The summed E-state index contributed by atoms with van der Waals surface area (Å²) in [7, 11) is 2.97. The average Bonchev–Trinajstić information content (AvgIpc) is 2.42. The molecule has 0 bridgehead atoms. The quantitative estimate of drug-likeness (QED) is 0.931. The number of methoxy groups -OCH3 is 2. The van der Waals surface area contributed by atoms with Crippen LogP contribution < -0.4 is 19.6 Å². The van der Waals surface area contributed by atoms with Gasteiger partial charge in [-0.05, 0) is 12.1 Å². The van der Waals surface area contributed by atoms with Crippen molar-refractivity contribution >= 4 is 11.6 Å². The molecule has 0 saturated carbocycles. The summed E-state index contributed by atoms with van der Waals surface area (Å²) in [5.41, 5.74) is -0.447. The fourth-order valence-corrected chi connectivity index (χ4v) is 1.60. The van der Waals surface area contributed by atoms with Gasteiger partial charge < -0.3 is 14.2 Å². The number of H-pyrrole nitrogens is 1. The van der Waals surface area contributed by atoms with E-state index in [0.717, 1.165) is 0 Å². The van der Waals surface area contributed by atoms with Crippen LogP contribution in [0.2, 0.25) is 5.15 Å². The van der Waals surface area contributed by atoms with Gasteiger partial charge in [0.05, 0.1) is 14.2 Å². The third kappa shape index (κ3) is 2.79. The Hall–Kier alpha value is -2.21. The van der Waals surface area contributed by atoms with Crippen molar-refractivity contribution in [2.24, 2.45) is 0 Å². The van der Waals surface area contributed by atoms with E-state index in [1.807, 2.05) is 0 Å². The molecule has 100 valence electrons. The van der Waals surface area contributed by atoms with Crippen LogP contribution in [0.1, 0.15) is 0 Å². The standard InChI is InChI=1S/C12H11ClN2O4/c1-17-8-4-3-5-9(18-2)11(8)19-12-7(16)6-10(13)14-15-12/h3-6H,1-2H3,(H,14,16). The summed E-state index contributed by atoms with van der Waals surface area (Å²) in [5.74, 6) is 0.978. The van der Waals surface area contributed by atoms with Crippen molar-refractivity contribution in [2.45, 2.75) is 0 Å². The number of rotatable bonds is 4. The first-order chi connectivity index (χ1) is 9.15. The number of benzene rings is 1. The summed E-state index contributed by atoms with van der Waals surface area (Å²) in [6, 6.07) is 6.28. The predicted octanol–water partition coefficient (Wildman–Crippen LogP) is 2.23. The molecule has 0 spiro atoms. The lowest BCUT2D eigenvalue weighted by atomic mass is 10.3. The number of halogens is 1. The zero-order chi connectivity index (χ0) is 13.8. The lowest BCUT2D eigenvalue weighted by Gasteiger charge is -2.12. The van der Waals surface area contributed by atoms with E-state index in [9.17, 15) is 4.79 Å². The van der Waals surface area contributed by atoms with Crippen LogP contribution in [0, 0.1) is 0 Å². The number of nitrogens with one attached hydrogen (secondary N) is 1. The van der Waals surface area contributed by atoms with Crippen LogP contribution in [0.25, 0.3) is 0 Å². The van der Waals surface area contributed by atoms with Gasteiger partial charge in [-0.1, -0.05) is 17.7 Å². The zero-order valence-corrected chi connectivity index (χ0v) is 11.0. The first kappa shape index (κ1) is 13.2. The van der Waals surface area contributed by atoms with Gasteiger partial charge in [0, 0.05) is 6.07 Å². The second-order valence-corrected chi connectivity index (χ2v) is 3.89. The van der Waals surface area contributed by atoms with E-state index in [2.05, 4.69) is 10.2 Å². The summed E-state index contributed by atoms with van der Waals surface area (Å²) in [6.45, 7) is 0. The lowest BCUT2D eigenvalue weighted by Crippen LogP contribution is -2.08. The predicted molar refractivity (Wildman–Crippen MR) is 69.5 cm³/mol. The Balaban J connectivity index is 2.45. The maximum atomic E-state index is 11.7. The molecule has 0 aliphatic rings. The average molecular weight is 283 g/mol. The second-order valence-electron chi connectivity index (χ2n) is 3.48. The molecular weight excluding hydrogens is 272 g/mol. The Morgan fingerprint density at radius 3 is 2.37 bits per heavy atom. The molecular formula is C12H11ClN2O4. The molecule has 0 radical (unpaired) electrons. The number of aromatic amines is 1. The Morgan fingerprint density at radius 1 is 1.21 bits per heavy atom. The maximum Gasteiger partial charge on any atom is 0.285 e. The number of aromatic nitrogens is 2. The number of hydrogen-bond acceptors (Lipinski definition) is 5. The highest BCUT2D eigenvalue weighted by Crippen LogP contribution is 2.38. The van der Waals surface area contributed by atoms with Crippen LogP contribution >= 0.6 is 11.6 Å². The fourth-order valence-electron chi connectivity index (χ4n) is 1.46. The van der Waals surface area contributed by atoms with Crippen molar-refractivity contribution in [1.29, 1.82) is 0 Å². The SMILES string of the molecule is COc1cccc(OC)c1Oc1n[nH]c(Cl)cc1=O. The van der Waals surface area contributed by atoms with Gasteiger partial charge in [0.25, 0.3) is 5.88 Å². The van der Waals surface area contributed by atoms with Crippen LogP contribution in [0.3, 0.4) is 0 Å². The number of para-hydroxylation sites is 1. The van der Waals surface area contributed by atoms with Crippen molar-refractivity contribution in [3.63, 3.8) is 0 Å². The van der Waals surface area contributed by atoms with E-state index in [-0.39, 0.29) is 16.8 Å². The van der Waals surface area contributed by atoms with Crippen LogP contribution in [-0.4, -0.2) is 24.4 Å². The topological polar surface area (TPSA) is 73.4 Å². The van der Waals surface area contributed by atoms with Crippen molar-refractivity contribution in [3.05, 3.63) is 39.6 Å². The largest absolute Gasteiger partial charge is 0.493 e. The van der Waals surface area contributed by atoms with Gasteiger partial charge in [-0.3, -0.25) is 9.89 Å². The van der Waals surface area contributed by atoms with Crippen molar-refractivity contribution in [2.75, 3.05) is 14.2 Å². The second kappa shape index (κ2) is 5.62. The Morgan fingerprint density at radius 2 is 1.84 bits per heavy atom. The molecule has 0 aliphatic heterocycles. The van der Waals surface area contributed by atoms with E-state index >= 15 is 0 Å². The van der Waals surface area contributed by atoms with Crippen LogP contribution in [0.4, 0.5) is 0 Å². The first-order valence-electron chi connectivity index (χ1n) is 5.29. The summed E-state index contributed by atoms with van der Waals surface area (Å²) < 4.78 is 15.7. The molecule has 0 fully saturated rings. The molecule has 0 saturated heterocycles. The lowest BCUT2D eigenvalue weighted by molar-refractivity contribution is 0.339. The smallest absolute Gasteiger partial charge is 0.285 e. The van der Waals surface area contributed by atoms with Gasteiger partial charge in [-0.25, -0.2) is 0 Å². The van der Waals surface area contributed by atoms with Gasteiger partial charge >= 0.3 is 0 Å². The van der Waals surface area contributed by atoms with Gasteiger partial charge in [0.15, 0.2) is 11.5 Å². The van der Waals surface area contributed by atoms with Crippen LogP contribution in [-0.2, 0) is 0 Å². The van der Waals surface area contributed by atoms with E-state index in [0.29, 0.717) is 11.5 Å². The minimum atomic E-state index is -0.447. The highest BCUT2D eigenvalue weighted by atomic mass is 35.5. The molecule has 0 amide bonds. The number of hydrogen-bond donors (Lipinski definition) is 1. The number of nitrogens with zero attached hydrogens (tertiary/aromatic N) is 1. The van der Waals surface area contributed by atoms with E-state index in [1.54, 1.807) is 18.2 Å². The summed E-state index contributed by atoms with van der Waals surface area (Å²) >= 11 is 5.61. The molecule has 1 aromatic carbocycles. The molecule has 6 nitrogen and oxygen atoms in total. The minimum absolute atomic E-state index is 0.129. The monoisotopic (exact) mass is 282 g/mol. The Kier molecular flexibility index (Phi) is 3.91. The summed E-state index contributed by atoms with van der Waals surface area (Å²) in [5, 5.41) is 6.29. The third-order valence-corrected chi connectivity index (χ3v) is 2.51. The highest BCUT2D eigenvalue weighted by molar-refractivity contribution is 6.29. The first-order valence-corrected chi connectivity index (χ1v) is 5.67. The summed E-state index contributed by atoms with van der Waals surface area (Å²) in [6.07, 6.45) is 0. The van der Waals surface area contributed by atoms with Gasteiger partial charge in [0.2, 0.25) is 11.2 Å². The van der Waals surface area contributed by atoms with Crippen LogP contribution in [0.15, 0.2) is 29.1 Å². The molecule has 19 heavy (non-hydrogen) atoms. The number of ether oxygens (including phenoxy) is 3. The molecule has 2 rings (SSSR count). The van der Waals surface area contributed by atoms with E-state index < -0.39 is 5.43 Å².